The number of ether oxygens (including phenoxy) is 1. The summed E-state index contributed by atoms with van der Waals surface area (Å²) in [6.07, 6.45) is 0.00228. The molecule has 1 aromatic rings. The molecule has 1 saturated heterocycles. The zero-order valence-corrected chi connectivity index (χ0v) is 15.4. The summed E-state index contributed by atoms with van der Waals surface area (Å²) in [6.45, 7) is 8.10. The fraction of sp³-hybridized carbons (Fsp3) is 0.611. The number of amides is 2. The molecule has 8 heteroatoms. The molecule has 0 radical (unpaired) electrons. The van der Waals surface area contributed by atoms with Crippen molar-refractivity contribution in [3.8, 4) is 5.75 Å². The van der Waals surface area contributed by atoms with E-state index >= 15 is 0 Å². The summed E-state index contributed by atoms with van der Waals surface area (Å²) >= 11 is 0. The molecular weight excluding hydrogens is 336 g/mol. The molecule has 0 spiro atoms. The molecular formula is C18H26N4O4. The Bertz CT molecular complexity index is 701. The SMILES string of the molecule is CC(C)(C)C1[C@H](CNCc2ccc3c(n2)NC(=O)CO3)CCN1C(=O)O. The standard InChI is InChI=1S/C18H26N4O4/c1-18(2,3)15-11(6-7-22(15)17(24)25)8-19-9-12-4-5-13-16(20-12)21-14(23)10-26-13/h4-5,11,15,19H,6-10H2,1-3H3,(H,24,25)(H,20,21,23)/t11-,15?/m0/s1. The molecule has 3 N–H and O–H groups in total. The summed E-state index contributed by atoms with van der Waals surface area (Å²) in [5, 5.41) is 15.5. The van der Waals surface area contributed by atoms with Crippen LogP contribution in [-0.2, 0) is 11.3 Å². The molecule has 2 aliphatic heterocycles. The minimum Gasteiger partial charge on any atom is -0.480 e. The van der Waals surface area contributed by atoms with Crippen molar-refractivity contribution in [2.75, 3.05) is 25.0 Å². The van der Waals surface area contributed by atoms with Crippen LogP contribution in [0.15, 0.2) is 12.1 Å². The van der Waals surface area contributed by atoms with Gasteiger partial charge in [0.2, 0.25) is 0 Å². The molecule has 1 unspecified atom stereocenters. The number of pyridine rings is 1. The van der Waals surface area contributed by atoms with Gasteiger partial charge in [-0.05, 0) is 29.9 Å². The summed E-state index contributed by atoms with van der Waals surface area (Å²) in [5.41, 5.74) is 0.683. The number of hydrogen-bond donors (Lipinski definition) is 3. The Morgan fingerprint density at radius 3 is 2.92 bits per heavy atom. The third-order valence-electron chi connectivity index (χ3n) is 4.90. The number of nitrogens with zero attached hydrogens (tertiary/aromatic N) is 2. The third-order valence-corrected chi connectivity index (χ3v) is 4.90. The lowest BCUT2D eigenvalue weighted by Crippen LogP contribution is -2.47. The fourth-order valence-electron chi connectivity index (χ4n) is 3.95. The second-order valence-corrected chi connectivity index (χ2v) is 7.95. The summed E-state index contributed by atoms with van der Waals surface area (Å²) in [7, 11) is 0. The van der Waals surface area contributed by atoms with Crippen LogP contribution in [0.2, 0.25) is 0 Å². The highest BCUT2D eigenvalue weighted by Crippen LogP contribution is 2.36. The monoisotopic (exact) mass is 362 g/mol. The van der Waals surface area contributed by atoms with Crippen LogP contribution in [0, 0.1) is 11.3 Å². The van der Waals surface area contributed by atoms with E-state index < -0.39 is 6.09 Å². The number of likely N-dealkylation sites (tertiary alicyclic amines) is 1. The number of carbonyl (C=O) groups is 2. The zero-order chi connectivity index (χ0) is 18.9. The van der Waals surface area contributed by atoms with Crippen LogP contribution in [-0.4, -0.2) is 52.7 Å². The maximum atomic E-state index is 11.5. The van der Waals surface area contributed by atoms with Crippen molar-refractivity contribution in [2.24, 2.45) is 11.3 Å². The Balaban J connectivity index is 1.60. The van der Waals surface area contributed by atoms with Crippen LogP contribution >= 0.6 is 0 Å². The lowest BCUT2D eigenvalue weighted by Gasteiger charge is -2.37. The van der Waals surface area contributed by atoms with Gasteiger partial charge in [-0.3, -0.25) is 4.79 Å². The predicted molar refractivity (Wildman–Crippen MR) is 96.1 cm³/mol. The van der Waals surface area contributed by atoms with Gasteiger partial charge < -0.3 is 25.4 Å². The summed E-state index contributed by atoms with van der Waals surface area (Å²) in [4.78, 5) is 28.9. The van der Waals surface area contributed by atoms with Crippen molar-refractivity contribution in [3.63, 3.8) is 0 Å². The molecule has 2 atom stereocenters. The summed E-state index contributed by atoms with van der Waals surface area (Å²) in [5.74, 6) is 1.08. The highest BCUT2D eigenvalue weighted by atomic mass is 16.5. The Morgan fingerprint density at radius 1 is 1.46 bits per heavy atom. The maximum Gasteiger partial charge on any atom is 0.407 e. The first-order chi connectivity index (χ1) is 12.3. The van der Waals surface area contributed by atoms with Gasteiger partial charge in [0.15, 0.2) is 18.2 Å². The average molecular weight is 362 g/mol. The Kier molecular flexibility index (Phi) is 5.04. The highest BCUT2D eigenvalue weighted by Gasteiger charge is 2.43. The van der Waals surface area contributed by atoms with E-state index in [-0.39, 0.29) is 29.9 Å². The normalized spacial score (nSPS) is 22.6. The van der Waals surface area contributed by atoms with Gasteiger partial charge in [-0.2, -0.15) is 0 Å². The van der Waals surface area contributed by atoms with Crippen molar-refractivity contribution in [3.05, 3.63) is 17.8 Å². The largest absolute Gasteiger partial charge is 0.480 e. The van der Waals surface area contributed by atoms with E-state index in [1.54, 1.807) is 11.0 Å². The van der Waals surface area contributed by atoms with Crippen molar-refractivity contribution < 1.29 is 19.4 Å². The van der Waals surface area contributed by atoms with E-state index in [0.717, 1.165) is 12.1 Å². The quantitative estimate of drug-likeness (QED) is 0.756. The van der Waals surface area contributed by atoms with E-state index in [0.29, 0.717) is 31.2 Å². The van der Waals surface area contributed by atoms with Crippen LogP contribution in [0.5, 0.6) is 5.75 Å². The van der Waals surface area contributed by atoms with Gasteiger partial charge in [0.1, 0.15) is 0 Å². The second-order valence-electron chi connectivity index (χ2n) is 7.95. The van der Waals surface area contributed by atoms with Crippen LogP contribution in [0.3, 0.4) is 0 Å². The predicted octanol–water partition coefficient (Wildman–Crippen LogP) is 1.92. The molecule has 0 aromatic carbocycles. The molecule has 1 fully saturated rings. The van der Waals surface area contributed by atoms with Gasteiger partial charge in [-0.25, -0.2) is 9.78 Å². The fourth-order valence-corrected chi connectivity index (χ4v) is 3.95. The van der Waals surface area contributed by atoms with Gasteiger partial charge in [-0.15, -0.1) is 0 Å². The van der Waals surface area contributed by atoms with Gasteiger partial charge in [0, 0.05) is 25.7 Å². The maximum absolute atomic E-state index is 11.5. The molecule has 3 heterocycles. The summed E-state index contributed by atoms with van der Waals surface area (Å²) in [6, 6.07) is 3.65. The smallest absolute Gasteiger partial charge is 0.407 e. The number of anilines is 1. The van der Waals surface area contributed by atoms with Crippen molar-refractivity contribution in [1.29, 1.82) is 0 Å². The van der Waals surface area contributed by atoms with Crippen LogP contribution < -0.4 is 15.4 Å². The minimum atomic E-state index is -0.848. The lowest BCUT2D eigenvalue weighted by atomic mass is 9.79. The molecule has 1 aromatic heterocycles. The van der Waals surface area contributed by atoms with Gasteiger partial charge in [-0.1, -0.05) is 20.8 Å². The van der Waals surface area contributed by atoms with Crippen molar-refractivity contribution in [1.82, 2.24) is 15.2 Å². The number of fused-ring (bicyclic) bond motifs is 1. The van der Waals surface area contributed by atoms with E-state index in [9.17, 15) is 14.7 Å². The summed E-state index contributed by atoms with van der Waals surface area (Å²) < 4.78 is 5.31. The van der Waals surface area contributed by atoms with Crippen LogP contribution in [0.1, 0.15) is 32.9 Å². The van der Waals surface area contributed by atoms with E-state index in [2.05, 4.69) is 36.4 Å². The van der Waals surface area contributed by atoms with Gasteiger partial charge in [0.05, 0.1) is 5.69 Å². The van der Waals surface area contributed by atoms with Gasteiger partial charge in [0.25, 0.3) is 5.91 Å². The number of hydrogen-bond acceptors (Lipinski definition) is 5. The first kappa shape index (κ1) is 18.4. The first-order valence-corrected chi connectivity index (χ1v) is 8.88. The molecule has 2 amide bonds. The molecule has 0 aliphatic carbocycles. The first-order valence-electron chi connectivity index (χ1n) is 8.88. The molecule has 0 saturated carbocycles. The van der Waals surface area contributed by atoms with Crippen LogP contribution in [0.4, 0.5) is 10.6 Å². The molecule has 8 nitrogen and oxygen atoms in total. The lowest BCUT2D eigenvalue weighted by molar-refractivity contribution is -0.118. The number of aromatic nitrogens is 1. The second kappa shape index (κ2) is 7.11. The van der Waals surface area contributed by atoms with Crippen molar-refractivity contribution >= 4 is 17.8 Å². The zero-order valence-electron chi connectivity index (χ0n) is 15.4. The number of carboxylic acid groups (broad SMARTS) is 1. The Labute approximate surface area is 152 Å². The number of rotatable bonds is 4. The molecule has 3 rings (SSSR count). The molecule has 0 bridgehead atoms. The van der Waals surface area contributed by atoms with E-state index in [1.807, 2.05) is 6.07 Å². The minimum absolute atomic E-state index is 0.0161. The topological polar surface area (TPSA) is 104 Å². The van der Waals surface area contributed by atoms with E-state index in [4.69, 9.17) is 4.74 Å². The Morgan fingerprint density at radius 2 is 2.23 bits per heavy atom. The molecule has 142 valence electrons. The molecule has 26 heavy (non-hydrogen) atoms. The van der Waals surface area contributed by atoms with Crippen molar-refractivity contribution in [2.45, 2.75) is 39.8 Å². The van der Waals surface area contributed by atoms with E-state index in [1.165, 1.54) is 0 Å². The third kappa shape index (κ3) is 3.90. The Hall–Kier alpha value is -2.35. The highest BCUT2D eigenvalue weighted by molar-refractivity contribution is 5.94. The van der Waals surface area contributed by atoms with Gasteiger partial charge >= 0.3 is 6.09 Å². The average Bonchev–Trinajstić information content (AvgIpc) is 2.99. The number of carbonyl (C=O) groups excluding carboxylic acids is 1. The van der Waals surface area contributed by atoms with Crippen LogP contribution in [0.25, 0.3) is 0 Å². The molecule has 2 aliphatic rings. The number of nitrogens with one attached hydrogen (secondary N) is 2.